The summed E-state index contributed by atoms with van der Waals surface area (Å²) < 4.78 is 45.9. The first-order chi connectivity index (χ1) is 9.40. The fourth-order valence-electron chi connectivity index (χ4n) is 2.57. The summed E-state index contributed by atoms with van der Waals surface area (Å²) in [7, 11) is -3.60. The van der Waals surface area contributed by atoms with Crippen LogP contribution in [-0.4, -0.2) is 28.2 Å². The van der Waals surface area contributed by atoms with E-state index in [1.807, 2.05) is 0 Å². The largest absolute Gasteiger partial charge is 0.381 e. The van der Waals surface area contributed by atoms with Crippen LogP contribution in [0.5, 0.6) is 0 Å². The Balaban J connectivity index is 2.14. The number of rotatable bonds is 4. The van der Waals surface area contributed by atoms with E-state index < -0.39 is 15.8 Å². The Bertz CT molecular complexity index is 557. The molecule has 1 aromatic carbocycles. The molecule has 0 saturated carbocycles. The Morgan fingerprint density at radius 3 is 2.35 bits per heavy atom. The van der Waals surface area contributed by atoms with Crippen LogP contribution in [0.4, 0.5) is 4.39 Å². The van der Waals surface area contributed by atoms with E-state index in [1.165, 1.54) is 12.1 Å². The third-order valence-electron chi connectivity index (χ3n) is 3.60. The van der Waals surface area contributed by atoms with Gasteiger partial charge in [-0.2, -0.15) is 0 Å². The van der Waals surface area contributed by atoms with Crippen LogP contribution in [0.15, 0.2) is 17.0 Å². The molecule has 1 aromatic rings. The molecule has 0 atom stereocenters. The Labute approximate surface area is 119 Å². The van der Waals surface area contributed by atoms with Gasteiger partial charge in [0.15, 0.2) is 0 Å². The summed E-state index contributed by atoms with van der Waals surface area (Å²) in [6, 6.07) is 2.49. The number of halogens is 1. The zero-order valence-corrected chi connectivity index (χ0v) is 12.6. The summed E-state index contributed by atoms with van der Waals surface area (Å²) in [5.74, 6) is -0.108. The third-order valence-corrected chi connectivity index (χ3v) is 5.32. The minimum Gasteiger partial charge on any atom is -0.381 e. The molecule has 0 bridgehead atoms. The molecule has 1 aliphatic heterocycles. The van der Waals surface area contributed by atoms with E-state index in [9.17, 15) is 12.8 Å². The van der Waals surface area contributed by atoms with Gasteiger partial charge in [-0.1, -0.05) is 0 Å². The molecule has 0 amide bonds. The molecule has 1 N–H and O–H groups in total. The molecule has 1 fully saturated rings. The molecule has 0 spiro atoms. The van der Waals surface area contributed by atoms with Gasteiger partial charge in [-0.05, 0) is 55.9 Å². The van der Waals surface area contributed by atoms with Crippen molar-refractivity contribution in [1.82, 2.24) is 4.72 Å². The fraction of sp³-hybridized carbons (Fsp3) is 0.571. The highest BCUT2D eigenvalue weighted by Gasteiger charge is 2.22. The van der Waals surface area contributed by atoms with Gasteiger partial charge < -0.3 is 4.74 Å². The average Bonchev–Trinajstić information content (AvgIpc) is 2.36. The highest BCUT2D eigenvalue weighted by atomic mass is 32.2. The van der Waals surface area contributed by atoms with Crippen LogP contribution in [0, 0.1) is 25.6 Å². The Hall–Kier alpha value is -0.980. The van der Waals surface area contributed by atoms with Gasteiger partial charge in [0.2, 0.25) is 10.0 Å². The first-order valence-corrected chi connectivity index (χ1v) is 8.22. The second-order valence-corrected chi connectivity index (χ2v) is 6.98. The molecular formula is C14H20FNO3S. The molecule has 112 valence electrons. The quantitative estimate of drug-likeness (QED) is 0.927. The van der Waals surface area contributed by atoms with Crippen LogP contribution < -0.4 is 4.72 Å². The molecular weight excluding hydrogens is 281 g/mol. The van der Waals surface area contributed by atoms with Gasteiger partial charge in [0, 0.05) is 19.8 Å². The normalized spacial score (nSPS) is 17.4. The molecule has 6 heteroatoms. The second-order valence-electron chi connectivity index (χ2n) is 5.28. The van der Waals surface area contributed by atoms with Crippen LogP contribution in [0.25, 0.3) is 0 Å². The van der Waals surface area contributed by atoms with Gasteiger partial charge in [0.1, 0.15) is 5.82 Å². The molecule has 0 unspecified atom stereocenters. The monoisotopic (exact) mass is 301 g/mol. The maximum Gasteiger partial charge on any atom is 0.241 e. The maximum atomic E-state index is 13.2. The van der Waals surface area contributed by atoms with Crippen molar-refractivity contribution in [3.05, 3.63) is 29.1 Å². The van der Waals surface area contributed by atoms with Crippen molar-refractivity contribution in [2.75, 3.05) is 19.8 Å². The predicted octanol–water partition coefficient (Wildman–Crippen LogP) is 2.15. The summed E-state index contributed by atoms with van der Waals surface area (Å²) in [5, 5.41) is 0. The minimum absolute atomic E-state index is 0.186. The van der Waals surface area contributed by atoms with Crippen molar-refractivity contribution in [2.24, 2.45) is 5.92 Å². The molecule has 0 aliphatic carbocycles. The molecule has 0 aromatic heterocycles. The van der Waals surface area contributed by atoms with Crippen LogP contribution in [0.1, 0.15) is 24.0 Å². The van der Waals surface area contributed by atoms with Crippen molar-refractivity contribution >= 4 is 10.0 Å². The third kappa shape index (κ3) is 3.56. The van der Waals surface area contributed by atoms with Gasteiger partial charge in [-0.25, -0.2) is 17.5 Å². The summed E-state index contributed by atoms with van der Waals surface area (Å²) in [6.07, 6.45) is 1.73. The van der Waals surface area contributed by atoms with Crippen molar-refractivity contribution in [2.45, 2.75) is 31.6 Å². The lowest BCUT2D eigenvalue weighted by molar-refractivity contribution is 0.0678. The summed E-state index contributed by atoms with van der Waals surface area (Å²) in [4.78, 5) is 0.186. The van der Waals surface area contributed by atoms with E-state index in [2.05, 4.69) is 4.72 Å². The number of hydrogen-bond acceptors (Lipinski definition) is 3. The molecule has 1 heterocycles. The first kappa shape index (κ1) is 15.4. The average molecular weight is 301 g/mol. The van der Waals surface area contributed by atoms with Crippen LogP contribution in [0.3, 0.4) is 0 Å². The van der Waals surface area contributed by atoms with Gasteiger partial charge in [0.05, 0.1) is 4.90 Å². The van der Waals surface area contributed by atoms with Crippen LogP contribution in [0.2, 0.25) is 0 Å². The number of nitrogens with one attached hydrogen (secondary N) is 1. The van der Waals surface area contributed by atoms with Gasteiger partial charge in [-0.3, -0.25) is 0 Å². The predicted molar refractivity (Wildman–Crippen MR) is 74.6 cm³/mol. The van der Waals surface area contributed by atoms with Crippen LogP contribution >= 0.6 is 0 Å². The first-order valence-electron chi connectivity index (χ1n) is 6.74. The zero-order chi connectivity index (χ0) is 14.8. The molecule has 4 nitrogen and oxygen atoms in total. The molecule has 2 rings (SSSR count). The second kappa shape index (κ2) is 6.20. The van der Waals surface area contributed by atoms with Crippen LogP contribution in [-0.2, 0) is 14.8 Å². The van der Waals surface area contributed by atoms with Crippen molar-refractivity contribution < 1.29 is 17.5 Å². The van der Waals surface area contributed by atoms with E-state index in [1.54, 1.807) is 13.8 Å². The topological polar surface area (TPSA) is 55.4 Å². The molecule has 1 saturated heterocycles. The highest BCUT2D eigenvalue weighted by molar-refractivity contribution is 7.89. The number of benzene rings is 1. The molecule has 20 heavy (non-hydrogen) atoms. The Morgan fingerprint density at radius 2 is 1.80 bits per heavy atom. The number of aryl methyl sites for hydroxylation is 2. The van der Waals surface area contributed by atoms with Crippen molar-refractivity contribution in [3.8, 4) is 0 Å². The highest BCUT2D eigenvalue weighted by Crippen LogP contribution is 2.22. The van der Waals surface area contributed by atoms with Gasteiger partial charge in [0.25, 0.3) is 0 Å². The SMILES string of the molecule is Cc1cc(F)cc(C)c1S(=O)(=O)NCC1CCOCC1. The molecule has 1 aliphatic rings. The number of sulfonamides is 1. The Morgan fingerprint density at radius 1 is 1.25 bits per heavy atom. The van der Waals surface area contributed by atoms with E-state index in [0.29, 0.717) is 36.8 Å². The summed E-state index contributed by atoms with van der Waals surface area (Å²) >= 11 is 0. The van der Waals surface area contributed by atoms with Crippen molar-refractivity contribution in [1.29, 1.82) is 0 Å². The zero-order valence-electron chi connectivity index (χ0n) is 11.8. The smallest absolute Gasteiger partial charge is 0.241 e. The minimum atomic E-state index is -3.60. The lowest BCUT2D eigenvalue weighted by Crippen LogP contribution is -2.33. The van der Waals surface area contributed by atoms with E-state index in [0.717, 1.165) is 12.8 Å². The van der Waals surface area contributed by atoms with Gasteiger partial charge in [-0.15, -0.1) is 0 Å². The lowest BCUT2D eigenvalue weighted by atomic mass is 10.0. The molecule has 0 radical (unpaired) electrons. The lowest BCUT2D eigenvalue weighted by Gasteiger charge is -2.22. The summed E-state index contributed by atoms with van der Waals surface area (Å²) in [5.41, 5.74) is 0.865. The summed E-state index contributed by atoms with van der Waals surface area (Å²) in [6.45, 7) is 4.99. The fourth-order valence-corrected chi connectivity index (χ4v) is 4.14. The van der Waals surface area contributed by atoms with Crippen molar-refractivity contribution in [3.63, 3.8) is 0 Å². The maximum absolute atomic E-state index is 13.2. The Kier molecular flexibility index (Phi) is 4.78. The van der Waals surface area contributed by atoms with E-state index in [-0.39, 0.29) is 4.90 Å². The van der Waals surface area contributed by atoms with E-state index in [4.69, 9.17) is 4.74 Å². The van der Waals surface area contributed by atoms with Gasteiger partial charge >= 0.3 is 0 Å². The number of ether oxygens (including phenoxy) is 1. The van der Waals surface area contributed by atoms with E-state index >= 15 is 0 Å². The number of hydrogen-bond donors (Lipinski definition) is 1. The standard InChI is InChI=1S/C14H20FNO3S/c1-10-7-13(15)8-11(2)14(10)20(17,18)16-9-12-3-5-19-6-4-12/h7-8,12,16H,3-6,9H2,1-2H3.